The van der Waals surface area contributed by atoms with E-state index in [1.54, 1.807) is 0 Å². The second-order valence-corrected chi connectivity index (χ2v) is 5.46. The third-order valence-corrected chi connectivity index (χ3v) is 3.75. The zero-order valence-electron chi connectivity index (χ0n) is 12.9. The van der Waals surface area contributed by atoms with Gasteiger partial charge in [0.1, 0.15) is 0 Å². The fourth-order valence-electron chi connectivity index (χ4n) is 2.47. The number of aromatic nitrogens is 2. The topological polar surface area (TPSA) is 38.1 Å². The van der Waals surface area contributed by atoms with Crippen molar-refractivity contribution in [1.82, 2.24) is 9.78 Å². The number of aliphatic hydroxyl groups is 1. The molecule has 0 aromatic carbocycles. The number of hydrogen-bond acceptors (Lipinski definition) is 2. The van der Waals surface area contributed by atoms with Gasteiger partial charge in [0.15, 0.2) is 0 Å². The highest BCUT2D eigenvalue weighted by Gasteiger charge is 2.13. The lowest BCUT2D eigenvalue weighted by Gasteiger charge is -2.10. The molecule has 3 nitrogen and oxygen atoms in total. The van der Waals surface area contributed by atoms with Crippen LogP contribution in [0.4, 0.5) is 0 Å². The quantitative estimate of drug-likeness (QED) is 0.646. The normalized spacial score (nSPS) is 12.8. The molecule has 0 aliphatic heterocycles. The monoisotopic (exact) mass is 266 g/mol. The van der Waals surface area contributed by atoms with Gasteiger partial charge in [-0.05, 0) is 18.9 Å². The maximum absolute atomic E-state index is 10.2. The Balaban J connectivity index is 2.19. The average Bonchev–Trinajstić information content (AvgIpc) is 2.79. The number of rotatable bonds is 10. The smallest absolute Gasteiger partial charge is 0.0956 e. The van der Waals surface area contributed by atoms with E-state index in [9.17, 15) is 5.11 Å². The lowest BCUT2D eigenvalue weighted by Crippen LogP contribution is -2.05. The number of nitrogens with zero attached hydrogens (tertiary/aromatic N) is 2. The van der Waals surface area contributed by atoms with Gasteiger partial charge in [0.05, 0.1) is 17.5 Å². The van der Waals surface area contributed by atoms with E-state index in [1.165, 1.54) is 38.5 Å². The third kappa shape index (κ3) is 5.77. The molecule has 3 heteroatoms. The van der Waals surface area contributed by atoms with Gasteiger partial charge < -0.3 is 5.11 Å². The van der Waals surface area contributed by atoms with Crippen molar-refractivity contribution in [1.29, 1.82) is 0 Å². The molecule has 1 heterocycles. The van der Waals surface area contributed by atoms with Gasteiger partial charge in [0.2, 0.25) is 0 Å². The van der Waals surface area contributed by atoms with E-state index in [0.717, 1.165) is 30.7 Å². The second kappa shape index (κ2) is 9.13. The summed E-state index contributed by atoms with van der Waals surface area (Å²) in [7, 11) is 1.92. The molecule has 1 aromatic heterocycles. The minimum atomic E-state index is -0.353. The van der Waals surface area contributed by atoms with Gasteiger partial charge in [-0.25, -0.2) is 0 Å². The molecular weight excluding hydrogens is 236 g/mol. The zero-order valence-corrected chi connectivity index (χ0v) is 12.9. The van der Waals surface area contributed by atoms with Crippen LogP contribution in [-0.2, 0) is 13.5 Å². The van der Waals surface area contributed by atoms with Crippen molar-refractivity contribution in [2.75, 3.05) is 0 Å². The zero-order chi connectivity index (χ0) is 14.1. The van der Waals surface area contributed by atoms with Crippen molar-refractivity contribution < 1.29 is 5.11 Å². The van der Waals surface area contributed by atoms with Crippen LogP contribution in [0.3, 0.4) is 0 Å². The highest BCUT2D eigenvalue weighted by atomic mass is 16.3. The van der Waals surface area contributed by atoms with Crippen molar-refractivity contribution in [3.8, 4) is 0 Å². The Kier molecular flexibility index (Phi) is 7.80. The molecule has 1 rings (SSSR count). The SMILES string of the molecule is CCCCCCCCCC(O)c1cc(CC)nn1C. The molecule has 0 aliphatic carbocycles. The van der Waals surface area contributed by atoms with Crippen molar-refractivity contribution in [3.63, 3.8) is 0 Å². The van der Waals surface area contributed by atoms with Crippen molar-refractivity contribution in [3.05, 3.63) is 17.5 Å². The van der Waals surface area contributed by atoms with Gasteiger partial charge in [0.25, 0.3) is 0 Å². The third-order valence-electron chi connectivity index (χ3n) is 3.75. The number of hydrogen-bond donors (Lipinski definition) is 1. The average molecular weight is 266 g/mol. The molecule has 110 valence electrons. The summed E-state index contributed by atoms with van der Waals surface area (Å²) in [6.45, 7) is 4.34. The van der Waals surface area contributed by atoms with Gasteiger partial charge in [-0.15, -0.1) is 0 Å². The Morgan fingerprint density at radius 3 is 2.32 bits per heavy atom. The van der Waals surface area contributed by atoms with Crippen LogP contribution in [0.15, 0.2) is 6.07 Å². The van der Waals surface area contributed by atoms with Crippen LogP contribution in [0.1, 0.15) is 82.7 Å². The lowest BCUT2D eigenvalue weighted by atomic mass is 10.0. The Bertz CT molecular complexity index is 347. The van der Waals surface area contributed by atoms with E-state index in [1.807, 2.05) is 17.8 Å². The van der Waals surface area contributed by atoms with E-state index < -0.39 is 0 Å². The van der Waals surface area contributed by atoms with E-state index in [2.05, 4.69) is 18.9 Å². The van der Waals surface area contributed by atoms with Crippen LogP contribution in [0.2, 0.25) is 0 Å². The molecule has 0 spiro atoms. The Hall–Kier alpha value is -0.830. The summed E-state index contributed by atoms with van der Waals surface area (Å²) >= 11 is 0. The maximum atomic E-state index is 10.2. The van der Waals surface area contributed by atoms with Crippen LogP contribution in [0.5, 0.6) is 0 Å². The fraction of sp³-hybridized carbons (Fsp3) is 0.812. The van der Waals surface area contributed by atoms with Gasteiger partial charge >= 0.3 is 0 Å². The first-order chi connectivity index (χ1) is 9.19. The number of unbranched alkanes of at least 4 members (excludes halogenated alkanes) is 6. The lowest BCUT2D eigenvalue weighted by molar-refractivity contribution is 0.154. The maximum Gasteiger partial charge on any atom is 0.0956 e. The van der Waals surface area contributed by atoms with Crippen molar-refractivity contribution >= 4 is 0 Å². The predicted molar refractivity (Wildman–Crippen MR) is 80.2 cm³/mol. The molecule has 1 N–H and O–H groups in total. The van der Waals surface area contributed by atoms with Crippen LogP contribution in [0.25, 0.3) is 0 Å². The van der Waals surface area contributed by atoms with E-state index in [0.29, 0.717) is 0 Å². The summed E-state index contributed by atoms with van der Waals surface area (Å²) in [6, 6.07) is 2.03. The van der Waals surface area contributed by atoms with E-state index >= 15 is 0 Å². The molecule has 1 unspecified atom stereocenters. The fourth-order valence-corrected chi connectivity index (χ4v) is 2.47. The molecule has 1 aromatic rings. The van der Waals surface area contributed by atoms with Crippen LogP contribution < -0.4 is 0 Å². The molecule has 0 saturated carbocycles. The largest absolute Gasteiger partial charge is 0.387 e. The molecule has 0 amide bonds. The van der Waals surface area contributed by atoms with Crippen LogP contribution >= 0.6 is 0 Å². The molecule has 0 aliphatic rings. The molecular formula is C16H30N2O. The summed E-state index contributed by atoms with van der Waals surface area (Å²) in [5.41, 5.74) is 2.03. The standard InChI is InChI=1S/C16H30N2O/c1-4-6-7-8-9-10-11-12-16(19)15-13-14(5-2)17-18(15)3/h13,16,19H,4-12H2,1-3H3. The summed E-state index contributed by atoms with van der Waals surface area (Å²) in [5.74, 6) is 0. The first-order valence-corrected chi connectivity index (χ1v) is 7.89. The summed E-state index contributed by atoms with van der Waals surface area (Å²) < 4.78 is 1.82. The highest BCUT2D eigenvalue weighted by Crippen LogP contribution is 2.21. The predicted octanol–water partition coefficient (Wildman–Crippen LogP) is 4.16. The Labute approximate surface area is 118 Å². The van der Waals surface area contributed by atoms with Crippen LogP contribution in [0, 0.1) is 0 Å². The Morgan fingerprint density at radius 1 is 1.11 bits per heavy atom. The van der Waals surface area contributed by atoms with Gasteiger partial charge in [-0.2, -0.15) is 5.10 Å². The van der Waals surface area contributed by atoms with E-state index in [-0.39, 0.29) is 6.10 Å². The van der Waals surface area contributed by atoms with Crippen LogP contribution in [-0.4, -0.2) is 14.9 Å². The molecule has 1 atom stereocenters. The molecule has 0 bridgehead atoms. The summed E-state index contributed by atoms with van der Waals surface area (Å²) in [6.07, 6.45) is 10.5. The number of aliphatic hydroxyl groups excluding tert-OH is 1. The van der Waals surface area contributed by atoms with Gasteiger partial charge in [-0.1, -0.05) is 58.8 Å². The summed E-state index contributed by atoms with van der Waals surface area (Å²) in [4.78, 5) is 0. The van der Waals surface area contributed by atoms with Gasteiger partial charge in [-0.3, -0.25) is 4.68 Å². The van der Waals surface area contributed by atoms with E-state index in [4.69, 9.17) is 0 Å². The molecule has 0 fully saturated rings. The molecule has 0 radical (unpaired) electrons. The summed E-state index contributed by atoms with van der Waals surface area (Å²) in [5, 5.41) is 14.6. The van der Waals surface area contributed by atoms with Crippen molar-refractivity contribution in [2.24, 2.45) is 7.05 Å². The van der Waals surface area contributed by atoms with Gasteiger partial charge in [0, 0.05) is 7.05 Å². The first kappa shape index (κ1) is 16.2. The minimum Gasteiger partial charge on any atom is -0.387 e. The second-order valence-electron chi connectivity index (χ2n) is 5.46. The number of aryl methyl sites for hydroxylation is 2. The molecule has 0 saturated heterocycles. The minimum absolute atomic E-state index is 0.353. The first-order valence-electron chi connectivity index (χ1n) is 7.89. The molecule has 19 heavy (non-hydrogen) atoms. The Morgan fingerprint density at radius 2 is 1.74 bits per heavy atom. The highest BCUT2D eigenvalue weighted by molar-refractivity contribution is 5.12. The van der Waals surface area contributed by atoms with Crippen molar-refractivity contribution in [2.45, 2.75) is 77.7 Å².